The lowest BCUT2D eigenvalue weighted by molar-refractivity contribution is -0.384. The van der Waals surface area contributed by atoms with Gasteiger partial charge >= 0.3 is 0 Å². The van der Waals surface area contributed by atoms with Crippen molar-refractivity contribution in [1.82, 2.24) is 4.98 Å². The molecule has 19 heavy (non-hydrogen) atoms. The third kappa shape index (κ3) is 3.88. The average molecular weight is 257 g/mol. The van der Waals surface area contributed by atoms with Crippen LogP contribution in [0.15, 0.2) is 53.8 Å². The summed E-state index contributed by atoms with van der Waals surface area (Å²) in [6, 6.07) is 11.6. The fraction of sp³-hybridized carbons (Fsp3) is 0.0769. The summed E-state index contributed by atoms with van der Waals surface area (Å²) in [6.45, 7) is 0.251. The second-order valence-electron chi connectivity index (χ2n) is 3.69. The van der Waals surface area contributed by atoms with Crippen LogP contribution in [-0.2, 0) is 11.4 Å². The largest absolute Gasteiger partial charge is 0.391 e. The maximum atomic E-state index is 10.5. The maximum Gasteiger partial charge on any atom is 0.269 e. The molecule has 6 heteroatoms. The Morgan fingerprint density at radius 2 is 2.05 bits per heavy atom. The molecule has 0 saturated heterocycles. The summed E-state index contributed by atoms with van der Waals surface area (Å²) >= 11 is 0. The number of oxime groups is 1. The Kier molecular flexibility index (Phi) is 4.17. The molecule has 2 aromatic rings. The van der Waals surface area contributed by atoms with Crippen molar-refractivity contribution >= 4 is 11.9 Å². The number of rotatable bonds is 5. The molecule has 0 atom stereocenters. The molecule has 6 nitrogen and oxygen atoms in total. The Morgan fingerprint density at radius 3 is 2.68 bits per heavy atom. The van der Waals surface area contributed by atoms with Crippen LogP contribution in [0.25, 0.3) is 0 Å². The fourth-order valence-corrected chi connectivity index (χ4v) is 1.37. The van der Waals surface area contributed by atoms with Crippen LogP contribution in [0, 0.1) is 10.1 Å². The van der Waals surface area contributed by atoms with Gasteiger partial charge in [0, 0.05) is 18.3 Å². The van der Waals surface area contributed by atoms with Gasteiger partial charge in [-0.15, -0.1) is 0 Å². The molecular formula is C13H11N3O3. The molecule has 0 aliphatic rings. The number of benzene rings is 1. The first-order valence-electron chi connectivity index (χ1n) is 5.55. The molecule has 1 heterocycles. The third-order valence-electron chi connectivity index (χ3n) is 2.33. The summed E-state index contributed by atoms with van der Waals surface area (Å²) in [4.78, 5) is 19.2. The quantitative estimate of drug-likeness (QED) is 0.468. The van der Waals surface area contributed by atoms with Crippen molar-refractivity contribution < 1.29 is 9.76 Å². The minimum Gasteiger partial charge on any atom is -0.391 e. The number of nitro benzene ring substituents is 1. The summed E-state index contributed by atoms with van der Waals surface area (Å²) < 4.78 is 0. The minimum atomic E-state index is -0.441. The van der Waals surface area contributed by atoms with Crippen LogP contribution in [0.1, 0.15) is 11.3 Å². The van der Waals surface area contributed by atoms with E-state index in [4.69, 9.17) is 4.84 Å². The first-order valence-corrected chi connectivity index (χ1v) is 5.55. The molecule has 0 bridgehead atoms. The summed E-state index contributed by atoms with van der Waals surface area (Å²) in [6.07, 6.45) is 3.17. The molecule has 0 fully saturated rings. The molecule has 1 aromatic heterocycles. The smallest absolute Gasteiger partial charge is 0.269 e. The Labute approximate surface area is 109 Å². The Morgan fingerprint density at radius 1 is 1.26 bits per heavy atom. The normalized spacial score (nSPS) is 10.5. The highest BCUT2D eigenvalue weighted by atomic mass is 16.6. The van der Waals surface area contributed by atoms with Crippen LogP contribution in [0.2, 0.25) is 0 Å². The zero-order valence-electron chi connectivity index (χ0n) is 9.97. The van der Waals surface area contributed by atoms with Crippen molar-refractivity contribution in [2.45, 2.75) is 6.61 Å². The number of hydrogen-bond donors (Lipinski definition) is 0. The number of nitro groups is 1. The highest BCUT2D eigenvalue weighted by Crippen LogP contribution is 2.12. The molecule has 0 amide bonds. The van der Waals surface area contributed by atoms with Crippen LogP contribution >= 0.6 is 0 Å². The van der Waals surface area contributed by atoms with E-state index in [1.165, 1.54) is 18.3 Å². The molecule has 0 N–H and O–H groups in total. The second kappa shape index (κ2) is 6.25. The van der Waals surface area contributed by atoms with Crippen molar-refractivity contribution in [1.29, 1.82) is 0 Å². The predicted molar refractivity (Wildman–Crippen MR) is 69.7 cm³/mol. The molecule has 0 spiro atoms. The lowest BCUT2D eigenvalue weighted by atomic mass is 10.2. The van der Waals surface area contributed by atoms with E-state index >= 15 is 0 Å². The highest BCUT2D eigenvalue weighted by molar-refractivity contribution is 5.76. The van der Waals surface area contributed by atoms with E-state index in [0.29, 0.717) is 5.69 Å². The predicted octanol–water partition coefficient (Wildman–Crippen LogP) is 2.54. The Bertz CT molecular complexity index is 567. The molecule has 0 saturated carbocycles. The van der Waals surface area contributed by atoms with E-state index in [0.717, 1.165) is 5.56 Å². The van der Waals surface area contributed by atoms with Gasteiger partial charge in [-0.25, -0.2) is 0 Å². The number of nitrogens with zero attached hydrogens (tertiary/aromatic N) is 3. The summed E-state index contributed by atoms with van der Waals surface area (Å²) in [5.74, 6) is 0. The topological polar surface area (TPSA) is 77.6 Å². The summed E-state index contributed by atoms with van der Waals surface area (Å²) in [7, 11) is 0. The molecule has 1 aromatic carbocycles. The summed E-state index contributed by atoms with van der Waals surface area (Å²) in [5.41, 5.74) is 1.57. The fourth-order valence-electron chi connectivity index (χ4n) is 1.37. The van der Waals surface area contributed by atoms with Gasteiger partial charge < -0.3 is 4.84 Å². The molecule has 0 radical (unpaired) electrons. The molecule has 0 aliphatic heterocycles. The van der Waals surface area contributed by atoms with E-state index in [-0.39, 0.29) is 12.3 Å². The lowest BCUT2D eigenvalue weighted by Crippen LogP contribution is -1.91. The van der Waals surface area contributed by atoms with E-state index in [9.17, 15) is 10.1 Å². The van der Waals surface area contributed by atoms with E-state index in [1.54, 1.807) is 24.4 Å². The van der Waals surface area contributed by atoms with Crippen LogP contribution in [0.5, 0.6) is 0 Å². The first kappa shape index (κ1) is 12.7. The third-order valence-corrected chi connectivity index (χ3v) is 2.33. The molecule has 0 aliphatic carbocycles. The zero-order valence-corrected chi connectivity index (χ0v) is 9.97. The van der Waals surface area contributed by atoms with Gasteiger partial charge in [-0.05, 0) is 29.8 Å². The average Bonchev–Trinajstić information content (AvgIpc) is 2.45. The van der Waals surface area contributed by atoms with Gasteiger partial charge in [0.1, 0.15) is 6.61 Å². The van der Waals surface area contributed by atoms with Gasteiger partial charge in [-0.3, -0.25) is 15.1 Å². The second-order valence-corrected chi connectivity index (χ2v) is 3.69. The Balaban J connectivity index is 1.86. The zero-order chi connectivity index (χ0) is 13.5. The van der Waals surface area contributed by atoms with E-state index in [2.05, 4.69) is 10.1 Å². The number of pyridine rings is 1. The summed E-state index contributed by atoms with van der Waals surface area (Å²) in [5, 5.41) is 14.2. The minimum absolute atomic E-state index is 0.0562. The van der Waals surface area contributed by atoms with Crippen LogP contribution in [-0.4, -0.2) is 16.1 Å². The van der Waals surface area contributed by atoms with Crippen molar-refractivity contribution in [3.05, 3.63) is 70.0 Å². The van der Waals surface area contributed by atoms with Gasteiger partial charge in [0.05, 0.1) is 16.8 Å². The number of non-ortho nitro benzene ring substituents is 1. The molecular weight excluding hydrogens is 246 g/mol. The molecule has 2 rings (SSSR count). The number of aromatic nitrogens is 1. The van der Waals surface area contributed by atoms with Crippen molar-refractivity contribution in [2.75, 3.05) is 0 Å². The van der Waals surface area contributed by atoms with E-state index in [1.807, 2.05) is 12.1 Å². The van der Waals surface area contributed by atoms with Crippen LogP contribution in [0.3, 0.4) is 0 Å². The standard InChI is InChI=1S/C13H11N3O3/c17-16(18)13-6-4-11(5-7-13)10-19-15-9-12-3-1-2-8-14-12/h1-9H,10H2/b15-9+. The van der Waals surface area contributed by atoms with E-state index < -0.39 is 4.92 Å². The molecule has 0 unspecified atom stereocenters. The van der Waals surface area contributed by atoms with Gasteiger partial charge in [0.25, 0.3) is 5.69 Å². The van der Waals surface area contributed by atoms with Crippen molar-refractivity contribution in [3.8, 4) is 0 Å². The van der Waals surface area contributed by atoms with Gasteiger partial charge in [-0.1, -0.05) is 11.2 Å². The molecule has 96 valence electrons. The van der Waals surface area contributed by atoms with Crippen molar-refractivity contribution in [3.63, 3.8) is 0 Å². The van der Waals surface area contributed by atoms with Gasteiger partial charge in [0.15, 0.2) is 0 Å². The van der Waals surface area contributed by atoms with Crippen LogP contribution < -0.4 is 0 Å². The van der Waals surface area contributed by atoms with Crippen LogP contribution in [0.4, 0.5) is 5.69 Å². The monoisotopic (exact) mass is 257 g/mol. The number of hydrogen-bond acceptors (Lipinski definition) is 5. The SMILES string of the molecule is O=[N+]([O-])c1ccc(CO/N=C/c2ccccn2)cc1. The van der Waals surface area contributed by atoms with Crippen molar-refractivity contribution in [2.24, 2.45) is 5.16 Å². The highest BCUT2D eigenvalue weighted by Gasteiger charge is 2.03. The van der Waals surface area contributed by atoms with Gasteiger partial charge in [0.2, 0.25) is 0 Å². The van der Waals surface area contributed by atoms with Gasteiger partial charge in [-0.2, -0.15) is 0 Å². The maximum absolute atomic E-state index is 10.5. The lowest BCUT2D eigenvalue weighted by Gasteiger charge is -1.99. The Hall–Kier alpha value is -2.76. The first-order chi connectivity index (χ1) is 9.25.